The molecule has 0 unspecified atom stereocenters. The number of aliphatic hydroxyl groups is 1. The third-order valence-corrected chi connectivity index (χ3v) is 7.07. The fourth-order valence-electron chi connectivity index (χ4n) is 5.19. The third-order valence-electron chi connectivity index (χ3n) is 7.07. The first-order valence-corrected chi connectivity index (χ1v) is 11.2. The molecule has 1 aliphatic heterocycles. The highest BCUT2D eigenvalue weighted by atomic mass is 19.1. The van der Waals surface area contributed by atoms with Crippen molar-refractivity contribution >= 4 is 5.91 Å². The number of fused-ring (bicyclic) bond motifs is 1. The van der Waals surface area contributed by atoms with Crippen molar-refractivity contribution in [2.75, 3.05) is 19.6 Å². The van der Waals surface area contributed by atoms with Crippen LogP contribution in [0.4, 0.5) is 8.78 Å². The second-order valence-corrected chi connectivity index (χ2v) is 9.07. The van der Waals surface area contributed by atoms with Crippen molar-refractivity contribution in [3.05, 3.63) is 107 Å². The third kappa shape index (κ3) is 4.16. The molecule has 3 aromatic carbocycles. The molecule has 0 spiro atoms. The number of amides is 1. The van der Waals surface area contributed by atoms with Gasteiger partial charge in [-0.3, -0.25) is 9.69 Å². The minimum Gasteiger partial charge on any atom is -0.372 e. The van der Waals surface area contributed by atoms with E-state index >= 15 is 0 Å². The minimum atomic E-state index is -1.77. The van der Waals surface area contributed by atoms with Gasteiger partial charge in [0.1, 0.15) is 11.6 Å². The average molecular weight is 449 g/mol. The summed E-state index contributed by atoms with van der Waals surface area (Å²) in [4.78, 5) is 15.4. The number of hydrogen-bond donors (Lipinski definition) is 2. The summed E-state index contributed by atoms with van der Waals surface area (Å²) in [6.07, 6.45) is 0. The maximum atomic E-state index is 14.0. The lowest BCUT2D eigenvalue weighted by Crippen LogP contribution is -2.46. The molecule has 0 radical (unpaired) electrons. The predicted octanol–water partition coefficient (Wildman–Crippen LogP) is 3.69. The molecule has 1 heterocycles. The maximum absolute atomic E-state index is 14.0. The van der Waals surface area contributed by atoms with Crippen molar-refractivity contribution in [1.82, 2.24) is 10.2 Å². The summed E-state index contributed by atoms with van der Waals surface area (Å²) < 4.78 is 27.1. The largest absolute Gasteiger partial charge is 0.372 e. The van der Waals surface area contributed by atoms with Crippen molar-refractivity contribution in [2.45, 2.75) is 12.1 Å². The van der Waals surface area contributed by atoms with Crippen LogP contribution in [0.2, 0.25) is 0 Å². The van der Waals surface area contributed by atoms with Crippen LogP contribution >= 0.6 is 0 Å². The van der Waals surface area contributed by atoms with Gasteiger partial charge in [0.25, 0.3) is 5.91 Å². The van der Waals surface area contributed by atoms with E-state index < -0.39 is 23.1 Å². The van der Waals surface area contributed by atoms with Gasteiger partial charge < -0.3 is 10.4 Å². The van der Waals surface area contributed by atoms with Gasteiger partial charge in [-0.2, -0.15) is 0 Å². The summed E-state index contributed by atoms with van der Waals surface area (Å²) >= 11 is 0. The molecule has 1 saturated heterocycles. The van der Waals surface area contributed by atoms with Crippen LogP contribution in [0.3, 0.4) is 0 Å². The van der Waals surface area contributed by atoms with Crippen molar-refractivity contribution in [1.29, 1.82) is 0 Å². The Bertz CT molecular complexity index is 1090. The van der Waals surface area contributed by atoms with Gasteiger partial charge in [0.05, 0.1) is 0 Å². The molecule has 3 aromatic rings. The van der Waals surface area contributed by atoms with Crippen molar-refractivity contribution in [2.24, 2.45) is 17.8 Å². The smallest absolute Gasteiger partial charge is 0.261 e. The summed E-state index contributed by atoms with van der Waals surface area (Å²) in [7, 11) is 0. The van der Waals surface area contributed by atoms with Crippen LogP contribution in [0.1, 0.15) is 16.7 Å². The molecule has 6 heteroatoms. The Labute approximate surface area is 191 Å². The van der Waals surface area contributed by atoms with Crippen LogP contribution in [0.25, 0.3) is 0 Å². The SMILES string of the molecule is O=C(NC[C@@H]1[C@H]2CN(Cc3ccc(F)cc3F)C[C@@H]12)C(O)(c1ccccc1)c1ccccc1. The van der Waals surface area contributed by atoms with Gasteiger partial charge >= 0.3 is 0 Å². The lowest BCUT2D eigenvalue weighted by Gasteiger charge is -2.28. The van der Waals surface area contributed by atoms with Crippen molar-refractivity contribution in [3.8, 4) is 0 Å². The molecule has 1 aliphatic carbocycles. The number of carbonyl (C=O) groups is 1. The number of hydrogen-bond acceptors (Lipinski definition) is 3. The second-order valence-electron chi connectivity index (χ2n) is 9.07. The molecular formula is C27H26F2N2O2. The molecule has 2 aliphatic rings. The fourth-order valence-corrected chi connectivity index (χ4v) is 5.19. The molecule has 4 nitrogen and oxygen atoms in total. The summed E-state index contributed by atoms with van der Waals surface area (Å²) in [5.41, 5.74) is -0.216. The number of nitrogens with one attached hydrogen (secondary N) is 1. The molecule has 1 amide bonds. The number of rotatable bonds is 7. The summed E-state index contributed by atoms with van der Waals surface area (Å²) in [6, 6.07) is 21.6. The van der Waals surface area contributed by atoms with Gasteiger partial charge in [0.15, 0.2) is 5.60 Å². The van der Waals surface area contributed by atoms with Gasteiger partial charge in [0.2, 0.25) is 0 Å². The first-order valence-electron chi connectivity index (χ1n) is 11.2. The number of likely N-dealkylation sites (tertiary alicyclic amines) is 1. The Hall–Kier alpha value is -3.09. The molecule has 5 rings (SSSR count). The Morgan fingerprint density at radius 2 is 1.52 bits per heavy atom. The van der Waals surface area contributed by atoms with E-state index in [0.29, 0.717) is 47.5 Å². The van der Waals surface area contributed by atoms with Gasteiger partial charge in [0, 0.05) is 37.8 Å². The lowest BCUT2D eigenvalue weighted by atomic mass is 9.85. The predicted molar refractivity (Wildman–Crippen MR) is 121 cm³/mol. The number of piperidine rings is 1. The second kappa shape index (κ2) is 8.69. The Kier molecular flexibility index (Phi) is 5.72. The first kappa shape index (κ1) is 21.7. The highest BCUT2D eigenvalue weighted by molar-refractivity contribution is 5.90. The Morgan fingerprint density at radius 3 is 2.06 bits per heavy atom. The van der Waals surface area contributed by atoms with Gasteiger partial charge in [-0.05, 0) is 34.9 Å². The molecule has 3 atom stereocenters. The average Bonchev–Trinajstić information content (AvgIpc) is 3.29. The lowest BCUT2D eigenvalue weighted by molar-refractivity contribution is -0.136. The van der Waals surface area contributed by atoms with E-state index in [-0.39, 0.29) is 0 Å². The fraction of sp³-hybridized carbons (Fsp3) is 0.296. The van der Waals surface area contributed by atoms with Crippen LogP contribution in [-0.4, -0.2) is 35.5 Å². The molecule has 33 heavy (non-hydrogen) atoms. The number of nitrogens with zero attached hydrogens (tertiary/aromatic N) is 1. The van der Waals surface area contributed by atoms with E-state index in [4.69, 9.17) is 0 Å². The normalized spacial score (nSPS) is 22.1. The van der Waals surface area contributed by atoms with E-state index in [2.05, 4.69) is 10.2 Å². The molecule has 0 bridgehead atoms. The molecule has 170 valence electrons. The first-order chi connectivity index (χ1) is 16.0. The standard InChI is InChI=1S/C27H26F2N2O2/c28-21-12-11-18(25(29)13-21)15-31-16-23-22(24(23)17-31)14-30-26(32)27(33,19-7-3-1-4-8-19)20-9-5-2-6-10-20/h1-13,22-24,33H,14-17H2,(H,30,32)/t22-,23-,24+. The zero-order valence-electron chi connectivity index (χ0n) is 18.1. The maximum Gasteiger partial charge on any atom is 0.261 e. The van der Waals surface area contributed by atoms with Crippen LogP contribution in [0.15, 0.2) is 78.9 Å². The zero-order valence-corrected chi connectivity index (χ0v) is 18.1. The highest BCUT2D eigenvalue weighted by Gasteiger charge is 2.55. The monoisotopic (exact) mass is 448 g/mol. The Morgan fingerprint density at radius 1 is 0.939 bits per heavy atom. The number of carbonyl (C=O) groups excluding carboxylic acids is 1. The molecule has 0 aromatic heterocycles. The minimum absolute atomic E-state index is 0.346. The quantitative estimate of drug-likeness (QED) is 0.580. The Balaban J connectivity index is 1.20. The van der Waals surface area contributed by atoms with E-state index in [9.17, 15) is 18.7 Å². The number of halogens is 2. The van der Waals surface area contributed by atoms with E-state index in [1.54, 1.807) is 48.5 Å². The van der Waals surface area contributed by atoms with Crippen LogP contribution in [0, 0.1) is 29.4 Å². The van der Waals surface area contributed by atoms with E-state index in [1.165, 1.54) is 12.1 Å². The molecule has 2 N–H and O–H groups in total. The van der Waals surface area contributed by atoms with Gasteiger partial charge in [-0.1, -0.05) is 66.7 Å². The summed E-state index contributed by atoms with van der Waals surface area (Å²) in [6.45, 7) is 2.60. The highest BCUT2D eigenvalue weighted by Crippen LogP contribution is 2.51. The van der Waals surface area contributed by atoms with Crippen molar-refractivity contribution < 1.29 is 18.7 Å². The summed E-state index contributed by atoms with van der Waals surface area (Å²) in [5.74, 6) is -0.289. The van der Waals surface area contributed by atoms with E-state index in [1.807, 2.05) is 12.1 Å². The zero-order chi connectivity index (χ0) is 23.0. The van der Waals surface area contributed by atoms with Gasteiger partial charge in [-0.25, -0.2) is 8.78 Å². The number of benzene rings is 3. The van der Waals surface area contributed by atoms with Crippen LogP contribution < -0.4 is 5.32 Å². The molecule has 1 saturated carbocycles. The topological polar surface area (TPSA) is 52.6 Å². The molecular weight excluding hydrogens is 422 g/mol. The van der Waals surface area contributed by atoms with Gasteiger partial charge in [-0.15, -0.1) is 0 Å². The summed E-state index contributed by atoms with van der Waals surface area (Å²) in [5, 5.41) is 14.5. The van der Waals surface area contributed by atoms with Crippen LogP contribution in [0.5, 0.6) is 0 Å². The van der Waals surface area contributed by atoms with Crippen molar-refractivity contribution in [3.63, 3.8) is 0 Å². The van der Waals surface area contributed by atoms with Crippen LogP contribution in [-0.2, 0) is 16.9 Å². The van der Waals surface area contributed by atoms with E-state index in [0.717, 1.165) is 19.2 Å². The molecule has 2 fully saturated rings.